The number of hydrogen-bond acceptors (Lipinski definition) is 2. The van der Waals surface area contributed by atoms with E-state index in [0.29, 0.717) is 18.0 Å². The Bertz CT molecular complexity index is 1110. The van der Waals surface area contributed by atoms with Crippen molar-refractivity contribution < 1.29 is 4.79 Å². The molecular formula is C24H24N2O2. The summed E-state index contributed by atoms with van der Waals surface area (Å²) in [6, 6.07) is 17.9. The maximum atomic E-state index is 13.0. The van der Waals surface area contributed by atoms with Gasteiger partial charge in [-0.15, -0.1) is 0 Å². The van der Waals surface area contributed by atoms with Crippen molar-refractivity contribution in [3.8, 4) is 0 Å². The monoisotopic (exact) mass is 372 g/mol. The Kier molecular flexibility index (Phi) is 4.86. The first-order valence-electron chi connectivity index (χ1n) is 9.73. The van der Waals surface area contributed by atoms with Gasteiger partial charge in [0.25, 0.3) is 5.56 Å². The van der Waals surface area contributed by atoms with Crippen LogP contribution in [-0.4, -0.2) is 22.3 Å². The highest BCUT2D eigenvalue weighted by molar-refractivity contribution is 5.93. The van der Waals surface area contributed by atoms with Crippen LogP contribution in [0.15, 0.2) is 65.5 Å². The van der Waals surface area contributed by atoms with Gasteiger partial charge in [0, 0.05) is 23.7 Å². The van der Waals surface area contributed by atoms with E-state index < -0.39 is 0 Å². The molecule has 1 atom stereocenters. The van der Waals surface area contributed by atoms with Crippen molar-refractivity contribution >= 4 is 22.9 Å². The molecule has 0 spiro atoms. The zero-order valence-corrected chi connectivity index (χ0v) is 16.2. The third-order valence-corrected chi connectivity index (χ3v) is 5.43. The van der Waals surface area contributed by atoms with Crippen LogP contribution in [0.3, 0.4) is 0 Å². The average molecular weight is 372 g/mol. The summed E-state index contributed by atoms with van der Waals surface area (Å²) in [5.74, 6) is 0.253. The van der Waals surface area contributed by atoms with Crippen molar-refractivity contribution in [3.05, 3.63) is 87.7 Å². The molecule has 142 valence electrons. The summed E-state index contributed by atoms with van der Waals surface area (Å²) in [5, 5.41) is 0.946. The van der Waals surface area contributed by atoms with E-state index in [4.69, 9.17) is 0 Å². The number of nitrogens with one attached hydrogen (secondary N) is 1. The summed E-state index contributed by atoms with van der Waals surface area (Å²) < 4.78 is 0. The summed E-state index contributed by atoms with van der Waals surface area (Å²) in [4.78, 5) is 30.1. The lowest BCUT2D eigenvalue weighted by Gasteiger charge is -2.39. The van der Waals surface area contributed by atoms with Crippen LogP contribution in [0, 0.1) is 5.92 Å². The van der Waals surface area contributed by atoms with Crippen LogP contribution in [0.25, 0.3) is 17.0 Å². The number of benzene rings is 2. The molecule has 2 heterocycles. The van der Waals surface area contributed by atoms with Crippen LogP contribution in [0.5, 0.6) is 0 Å². The molecule has 1 N–H and O–H groups in total. The molecule has 0 saturated heterocycles. The second kappa shape index (κ2) is 7.47. The van der Waals surface area contributed by atoms with Gasteiger partial charge in [0.05, 0.1) is 6.04 Å². The van der Waals surface area contributed by atoms with Gasteiger partial charge in [-0.05, 0) is 47.1 Å². The van der Waals surface area contributed by atoms with Crippen LogP contribution < -0.4 is 5.56 Å². The van der Waals surface area contributed by atoms with E-state index in [0.717, 1.165) is 17.3 Å². The first-order valence-corrected chi connectivity index (χ1v) is 9.73. The number of rotatable bonds is 3. The lowest BCUT2D eigenvalue weighted by atomic mass is 9.86. The fourth-order valence-electron chi connectivity index (χ4n) is 4.11. The molecule has 0 saturated carbocycles. The number of H-pyrrole nitrogens is 1. The molecule has 0 fully saturated rings. The summed E-state index contributed by atoms with van der Waals surface area (Å²) in [5.41, 5.74) is 3.65. The minimum atomic E-state index is -0.188. The zero-order valence-electron chi connectivity index (χ0n) is 16.2. The van der Waals surface area contributed by atoms with Gasteiger partial charge in [-0.2, -0.15) is 0 Å². The lowest BCUT2D eigenvalue weighted by Crippen LogP contribution is -2.41. The van der Waals surface area contributed by atoms with Crippen LogP contribution >= 0.6 is 0 Å². The van der Waals surface area contributed by atoms with Gasteiger partial charge >= 0.3 is 0 Å². The van der Waals surface area contributed by atoms with Gasteiger partial charge in [0.15, 0.2) is 0 Å². The molecule has 4 rings (SSSR count). The molecule has 4 nitrogen and oxygen atoms in total. The quantitative estimate of drug-likeness (QED) is 0.696. The number of aromatic nitrogens is 1. The Hall–Kier alpha value is -3.14. The van der Waals surface area contributed by atoms with E-state index in [1.165, 1.54) is 17.2 Å². The molecule has 28 heavy (non-hydrogen) atoms. The molecule has 1 aromatic heterocycles. The zero-order chi connectivity index (χ0) is 19.7. The van der Waals surface area contributed by atoms with E-state index in [2.05, 4.69) is 37.0 Å². The van der Waals surface area contributed by atoms with Gasteiger partial charge in [-0.25, -0.2) is 0 Å². The van der Waals surface area contributed by atoms with Crippen molar-refractivity contribution in [1.82, 2.24) is 9.88 Å². The predicted molar refractivity (Wildman–Crippen MR) is 113 cm³/mol. The van der Waals surface area contributed by atoms with Crippen molar-refractivity contribution in [3.63, 3.8) is 0 Å². The van der Waals surface area contributed by atoms with E-state index in [-0.39, 0.29) is 17.5 Å². The fourth-order valence-corrected chi connectivity index (χ4v) is 4.11. The van der Waals surface area contributed by atoms with Crippen LogP contribution in [0.2, 0.25) is 0 Å². The molecule has 0 radical (unpaired) electrons. The van der Waals surface area contributed by atoms with Gasteiger partial charge in [0.1, 0.15) is 0 Å². The van der Waals surface area contributed by atoms with E-state index in [1.54, 1.807) is 6.08 Å². The Balaban J connectivity index is 1.63. The third-order valence-electron chi connectivity index (χ3n) is 5.43. The number of hydrogen-bond donors (Lipinski definition) is 1. The Morgan fingerprint density at radius 1 is 1.14 bits per heavy atom. The van der Waals surface area contributed by atoms with E-state index in [9.17, 15) is 9.59 Å². The number of pyridine rings is 1. The van der Waals surface area contributed by atoms with Gasteiger partial charge in [-0.3, -0.25) is 9.59 Å². The lowest BCUT2D eigenvalue weighted by molar-refractivity contribution is -0.129. The molecule has 1 aliphatic heterocycles. The Morgan fingerprint density at radius 3 is 2.71 bits per heavy atom. The van der Waals surface area contributed by atoms with Crippen molar-refractivity contribution in [1.29, 1.82) is 0 Å². The maximum Gasteiger partial charge on any atom is 0.255 e. The van der Waals surface area contributed by atoms with E-state index in [1.807, 2.05) is 41.3 Å². The molecular weight excluding hydrogens is 348 g/mol. The maximum absolute atomic E-state index is 13.0. The van der Waals surface area contributed by atoms with Crippen molar-refractivity contribution in [2.75, 3.05) is 6.54 Å². The fraction of sp³-hybridized carbons (Fsp3) is 0.250. The smallest absolute Gasteiger partial charge is 0.255 e. The van der Waals surface area contributed by atoms with Gasteiger partial charge < -0.3 is 9.88 Å². The standard InChI is InChI=1S/C24H24N2O2/c1-16(2)23-20-9-5-3-7-17(20)13-14-26(23)22(27)12-11-19-15-18-8-4-6-10-21(18)25-24(19)28/h3-12,15-16,23H,13-14H2,1-2H3,(H,25,28)/b12-11+. The summed E-state index contributed by atoms with van der Waals surface area (Å²) >= 11 is 0. The highest BCUT2D eigenvalue weighted by Gasteiger charge is 2.31. The number of aromatic amines is 1. The first-order chi connectivity index (χ1) is 13.5. The second-order valence-electron chi connectivity index (χ2n) is 7.64. The number of carbonyl (C=O) groups excluding carboxylic acids is 1. The molecule has 1 amide bonds. The molecule has 0 bridgehead atoms. The van der Waals surface area contributed by atoms with Crippen molar-refractivity contribution in [2.45, 2.75) is 26.3 Å². The molecule has 1 aliphatic rings. The van der Waals surface area contributed by atoms with E-state index >= 15 is 0 Å². The molecule has 2 aromatic carbocycles. The average Bonchev–Trinajstić information content (AvgIpc) is 2.70. The van der Waals surface area contributed by atoms with Crippen LogP contribution in [0.1, 0.15) is 36.6 Å². The van der Waals surface area contributed by atoms with Gasteiger partial charge in [-0.1, -0.05) is 56.3 Å². The number of para-hydroxylation sites is 1. The molecule has 3 aromatic rings. The molecule has 0 aliphatic carbocycles. The number of fused-ring (bicyclic) bond motifs is 2. The summed E-state index contributed by atoms with van der Waals surface area (Å²) in [6.45, 7) is 4.98. The topological polar surface area (TPSA) is 53.2 Å². The Labute approximate surface area is 164 Å². The predicted octanol–water partition coefficient (Wildman–Crippen LogP) is 4.32. The van der Waals surface area contributed by atoms with Crippen LogP contribution in [-0.2, 0) is 11.2 Å². The number of nitrogens with zero attached hydrogens (tertiary/aromatic N) is 1. The highest BCUT2D eigenvalue weighted by Crippen LogP contribution is 2.35. The minimum absolute atomic E-state index is 0.0528. The first kappa shape index (κ1) is 18.2. The Morgan fingerprint density at radius 2 is 1.89 bits per heavy atom. The largest absolute Gasteiger partial charge is 0.332 e. The van der Waals surface area contributed by atoms with Gasteiger partial charge in [0.2, 0.25) is 5.91 Å². The summed E-state index contributed by atoms with van der Waals surface area (Å²) in [7, 11) is 0. The highest BCUT2D eigenvalue weighted by atomic mass is 16.2. The minimum Gasteiger partial charge on any atom is -0.332 e. The number of amides is 1. The molecule has 4 heteroatoms. The number of carbonyl (C=O) groups is 1. The van der Waals surface area contributed by atoms with Crippen LogP contribution in [0.4, 0.5) is 0 Å². The third kappa shape index (κ3) is 3.38. The normalized spacial score (nSPS) is 16.7. The SMILES string of the molecule is CC(C)C1c2ccccc2CCN1C(=O)/C=C/c1cc2ccccc2[nH]c1=O. The van der Waals surface area contributed by atoms with Crippen molar-refractivity contribution in [2.24, 2.45) is 5.92 Å². The second-order valence-corrected chi connectivity index (χ2v) is 7.64. The molecule has 1 unspecified atom stereocenters. The summed E-state index contributed by atoms with van der Waals surface area (Å²) in [6.07, 6.45) is 4.02.